The first kappa shape index (κ1) is 21.4. The number of rotatable bonds is 6. The number of hydrogen-bond donors (Lipinski definition) is 0. The molecule has 2 aromatic carbocycles. The van der Waals surface area contributed by atoms with Crippen molar-refractivity contribution in [2.24, 2.45) is 5.10 Å². The molecule has 28 heavy (non-hydrogen) atoms. The van der Waals surface area contributed by atoms with Gasteiger partial charge in [-0.25, -0.2) is 0 Å². The summed E-state index contributed by atoms with van der Waals surface area (Å²) in [4.78, 5) is 11.7. The molecule has 0 atom stereocenters. The molecule has 0 bridgehead atoms. The van der Waals surface area contributed by atoms with Crippen LogP contribution in [0.4, 0.5) is 0 Å². The Morgan fingerprint density at radius 3 is 2.79 bits per heavy atom. The topological polar surface area (TPSA) is 51.1 Å². The Bertz CT molecular complexity index is 956. The lowest BCUT2D eigenvalue weighted by Gasteiger charge is -2.14. The molecule has 1 aliphatic heterocycles. The lowest BCUT2D eigenvalue weighted by molar-refractivity contribution is -0.123. The highest BCUT2D eigenvalue weighted by Crippen LogP contribution is 2.37. The van der Waals surface area contributed by atoms with Gasteiger partial charge in [-0.1, -0.05) is 53.2 Å². The van der Waals surface area contributed by atoms with Crippen LogP contribution in [0.15, 0.2) is 39.9 Å². The number of hydrogen-bond acceptors (Lipinski definition) is 6. The van der Waals surface area contributed by atoms with Crippen molar-refractivity contribution in [2.45, 2.75) is 6.61 Å². The predicted molar refractivity (Wildman–Crippen MR) is 121 cm³/mol. The minimum Gasteiger partial charge on any atom is -0.493 e. The molecule has 3 rings (SSSR count). The molecule has 5 nitrogen and oxygen atoms in total. The summed E-state index contributed by atoms with van der Waals surface area (Å²) in [7, 11) is 1.54. The lowest BCUT2D eigenvalue weighted by atomic mass is 10.2. The summed E-state index contributed by atoms with van der Waals surface area (Å²) in [6.45, 7) is 0.242. The molecule has 146 valence electrons. The zero-order valence-electron chi connectivity index (χ0n) is 14.4. The van der Waals surface area contributed by atoms with Crippen LogP contribution in [0, 0.1) is 0 Å². The molecule has 2 aromatic rings. The van der Waals surface area contributed by atoms with Crippen LogP contribution in [0.3, 0.4) is 0 Å². The summed E-state index contributed by atoms with van der Waals surface area (Å²) in [5, 5.41) is 6.46. The Morgan fingerprint density at radius 1 is 1.36 bits per heavy atom. The van der Waals surface area contributed by atoms with Gasteiger partial charge in [0, 0.05) is 15.6 Å². The number of nitrogens with zero attached hydrogens (tertiary/aromatic N) is 2. The van der Waals surface area contributed by atoms with E-state index in [1.807, 2.05) is 6.07 Å². The maximum atomic E-state index is 11.7. The molecular weight excluding hydrogens is 507 g/mol. The second-order valence-corrected chi connectivity index (χ2v) is 8.87. The molecule has 0 aromatic heterocycles. The lowest BCUT2D eigenvalue weighted by Crippen LogP contribution is -2.22. The van der Waals surface area contributed by atoms with Crippen molar-refractivity contribution < 1.29 is 14.3 Å². The van der Waals surface area contributed by atoms with Crippen LogP contribution in [0.25, 0.3) is 0 Å². The van der Waals surface area contributed by atoms with E-state index in [1.54, 1.807) is 37.6 Å². The van der Waals surface area contributed by atoms with E-state index in [1.165, 1.54) is 16.8 Å². The van der Waals surface area contributed by atoms with Crippen LogP contribution >= 0.6 is 63.1 Å². The van der Waals surface area contributed by atoms with Crippen molar-refractivity contribution in [3.8, 4) is 11.5 Å². The molecule has 0 N–H and O–H groups in total. The van der Waals surface area contributed by atoms with E-state index < -0.39 is 0 Å². The molecule has 1 saturated heterocycles. The third-order valence-corrected chi connectivity index (χ3v) is 6.20. The summed E-state index contributed by atoms with van der Waals surface area (Å²) in [5.74, 6) is 1.19. The van der Waals surface area contributed by atoms with E-state index in [4.69, 9.17) is 44.9 Å². The molecule has 0 aliphatic carbocycles. The van der Waals surface area contributed by atoms with E-state index in [0.29, 0.717) is 41.7 Å². The number of amides is 1. The molecule has 1 fully saturated rings. The average Bonchev–Trinajstić information content (AvgIpc) is 2.97. The first-order valence-corrected chi connectivity index (χ1v) is 10.8. The molecule has 1 aliphatic rings. The first-order valence-electron chi connectivity index (χ1n) is 7.87. The van der Waals surface area contributed by atoms with Gasteiger partial charge in [-0.05, 0) is 45.8 Å². The molecule has 0 unspecified atom stereocenters. The van der Waals surface area contributed by atoms with Gasteiger partial charge in [-0.15, -0.1) is 0 Å². The molecule has 1 heterocycles. The van der Waals surface area contributed by atoms with Crippen molar-refractivity contribution >= 4 is 79.6 Å². The van der Waals surface area contributed by atoms with Gasteiger partial charge < -0.3 is 9.47 Å². The van der Waals surface area contributed by atoms with Crippen LogP contribution in [0.5, 0.6) is 11.5 Å². The Labute approximate surface area is 190 Å². The minimum atomic E-state index is -0.142. The highest BCUT2D eigenvalue weighted by molar-refractivity contribution is 9.10. The highest BCUT2D eigenvalue weighted by atomic mass is 79.9. The van der Waals surface area contributed by atoms with Crippen molar-refractivity contribution in [1.82, 2.24) is 5.01 Å². The molecular formula is C18H13BrCl2N2O3S2. The largest absolute Gasteiger partial charge is 0.493 e. The predicted octanol–water partition coefficient (Wildman–Crippen LogP) is 5.54. The second kappa shape index (κ2) is 9.45. The minimum absolute atomic E-state index is 0.142. The summed E-state index contributed by atoms with van der Waals surface area (Å²) >= 11 is 22.0. The number of thiocarbonyl (C=S) groups is 1. The highest BCUT2D eigenvalue weighted by Gasteiger charge is 2.26. The van der Waals surface area contributed by atoms with E-state index >= 15 is 0 Å². The second-order valence-electron chi connectivity index (χ2n) is 5.56. The smallest absolute Gasteiger partial charge is 0.259 e. The average molecular weight is 520 g/mol. The Balaban J connectivity index is 1.79. The van der Waals surface area contributed by atoms with Crippen molar-refractivity contribution in [2.75, 3.05) is 12.9 Å². The Kier molecular flexibility index (Phi) is 7.22. The van der Waals surface area contributed by atoms with Gasteiger partial charge in [0.2, 0.25) is 0 Å². The fourth-order valence-corrected chi connectivity index (χ4v) is 4.33. The van der Waals surface area contributed by atoms with E-state index in [2.05, 4.69) is 21.0 Å². The van der Waals surface area contributed by atoms with Gasteiger partial charge in [0.15, 0.2) is 15.8 Å². The summed E-state index contributed by atoms with van der Waals surface area (Å²) in [5.41, 5.74) is 1.51. The maximum Gasteiger partial charge on any atom is 0.259 e. The van der Waals surface area contributed by atoms with Crippen LogP contribution < -0.4 is 9.47 Å². The maximum absolute atomic E-state index is 11.7. The molecule has 0 radical (unpaired) electrons. The normalized spacial score (nSPS) is 14.2. The SMILES string of the molecule is COc1cc(/C=N/N2C(=O)CSC2=S)cc(Br)c1OCc1ccc(Cl)cc1Cl. The quantitative estimate of drug-likeness (QED) is 0.370. The molecule has 1 amide bonds. The molecule has 10 heteroatoms. The van der Waals surface area contributed by atoms with Crippen molar-refractivity contribution in [3.05, 3.63) is 56.0 Å². The third-order valence-electron chi connectivity index (χ3n) is 3.69. The number of thioether (sulfide) groups is 1. The third kappa shape index (κ3) is 4.99. The van der Waals surface area contributed by atoms with Gasteiger partial charge in [-0.3, -0.25) is 4.79 Å². The van der Waals surface area contributed by atoms with Crippen LogP contribution in [-0.2, 0) is 11.4 Å². The fourth-order valence-electron chi connectivity index (χ4n) is 2.33. The van der Waals surface area contributed by atoms with Crippen LogP contribution in [0.2, 0.25) is 10.0 Å². The van der Waals surface area contributed by atoms with E-state index in [9.17, 15) is 4.79 Å². The number of hydrazone groups is 1. The number of halogens is 3. The number of carbonyl (C=O) groups is 1. The summed E-state index contributed by atoms with van der Waals surface area (Å²) in [6.07, 6.45) is 1.54. The zero-order chi connectivity index (χ0) is 20.3. The molecule has 0 saturated carbocycles. The van der Waals surface area contributed by atoms with Gasteiger partial charge in [0.25, 0.3) is 5.91 Å². The Morgan fingerprint density at radius 2 is 2.14 bits per heavy atom. The standard InChI is InChI=1S/C18H13BrCl2N2O3S2/c1-25-15-5-10(7-22-23-16(24)9-28-18(23)27)4-13(19)17(15)26-8-11-2-3-12(20)6-14(11)21/h2-7H,8-9H2,1H3/b22-7+. The number of methoxy groups -OCH3 is 1. The van der Waals surface area contributed by atoms with Crippen LogP contribution in [-0.4, -0.2) is 34.3 Å². The first-order chi connectivity index (χ1) is 13.4. The number of carbonyl (C=O) groups excluding carboxylic acids is 1. The van der Waals surface area contributed by atoms with Gasteiger partial charge in [0.05, 0.1) is 23.5 Å². The zero-order valence-corrected chi connectivity index (χ0v) is 19.2. The Hall–Kier alpha value is -1.32. The van der Waals surface area contributed by atoms with Crippen molar-refractivity contribution in [1.29, 1.82) is 0 Å². The summed E-state index contributed by atoms with van der Waals surface area (Å²) in [6, 6.07) is 8.78. The monoisotopic (exact) mass is 518 g/mol. The van der Waals surface area contributed by atoms with E-state index in [0.717, 1.165) is 5.56 Å². The molecule has 0 spiro atoms. The van der Waals surface area contributed by atoms with Gasteiger partial charge in [0.1, 0.15) is 6.61 Å². The van der Waals surface area contributed by atoms with Gasteiger partial charge in [-0.2, -0.15) is 10.1 Å². The van der Waals surface area contributed by atoms with Crippen LogP contribution in [0.1, 0.15) is 11.1 Å². The van der Waals surface area contributed by atoms with Crippen molar-refractivity contribution in [3.63, 3.8) is 0 Å². The van der Waals surface area contributed by atoms with Gasteiger partial charge >= 0.3 is 0 Å². The number of ether oxygens (including phenoxy) is 2. The van der Waals surface area contributed by atoms with E-state index in [-0.39, 0.29) is 12.5 Å². The number of benzene rings is 2. The summed E-state index contributed by atoms with van der Waals surface area (Å²) < 4.78 is 12.4. The fraction of sp³-hybridized carbons (Fsp3) is 0.167.